The van der Waals surface area contributed by atoms with Crippen LogP contribution in [-0.4, -0.2) is 17.6 Å². The Balaban J connectivity index is 1.69. The number of carbonyl (C=O) groups excluding carboxylic acids is 1. The molecule has 0 N–H and O–H groups in total. The number of hydrogen-bond donors (Lipinski definition) is 0. The van der Waals surface area contributed by atoms with Crippen molar-refractivity contribution in [2.24, 2.45) is 0 Å². The molecule has 0 saturated heterocycles. The minimum atomic E-state index is -0.146. The number of carbonyl (C=O) groups is 1. The summed E-state index contributed by atoms with van der Waals surface area (Å²) in [4.78, 5) is 17.0. The van der Waals surface area contributed by atoms with Crippen molar-refractivity contribution >= 4 is 33.2 Å². The maximum absolute atomic E-state index is 11.7. The van der Waals surface area contributed by atoms with E-state index in [0.717, 1.165) is 22.2 Å². The first-order chi connectivity index (χ1) is 9.65. The van der Waals surface area contributed by atoms with Crippen LogP contribution in [0.25, 0.3) is 0 Å². The van der Waals surface area contributed by atoms with Crippen LogP contribution in [0.5, 0.6) is 0 Å². The van der Waals surface area contributed by atoms with E-state index in [1.54, 1.807) is 11.3 Å². The van der Waals surface area contributed by atoms with E-state index in [9.17, 15) is 4.79 Å². The van der Waals surface area contributed by atoms with Crippen LogP contribution in [0.1, 0.15) is 22.6 Å². The molecule has 0 saturated carbocycles. The average molecular weight is 354 g/mol. The first-order valence-electron chi connectivity index (χ1n) is 6.44. The van der Waals surface area contributed by atoms with E-state index >= 15 is 0 Å². The Labute approximate surface area is 131 Å². The molecular weight excluding hydrogens is 338 g/mol. The highest BCUT2D eigenvalue weighted by Crippen LogP contribution is 2.14. The first-order valence-corrected chi connectivity index (χ1v) is 8.11. The zero-order valence-corrected chi connectivity index (χ0v) is 13.7. The predicted octanol–water partition coefficient (Wildman–Crippen LogP) is 3.93. The highest BCUT2D eigenvalue weighted by atomic mass is 79.9. The largest absolute Gasteiger partial charge is 0.465 e. The zero-order chi connectivity index (χ0) is 14.4. The fourth-order valence-corrected chi connectivity index (χ4v) is 3.04. The van der Waals surface area contributed by atoms with Crippen molar-refractivity contribution in [3.05, 3.63) is 50.4 Å². The van der Waals surface area contributed by atoms with Crippen molar-refractivity contribution in [2.75, 3.05) is 6.61 Å². The van der Waals surface area contributed by atoms with E-state index in [0.29, 0.717) is 19.4 Å². The molecule has 1 aromatic carbocycles. The monoisotopic (exact) mass is 353 g/mol. The van der Waals surface area contributed by atoms with Gasteiger partial charge >= 0.3 is 5.97 Å². The van der Waals surface area contributed by atoms with Crippen molar-refractivity contribution < 1.29 is 9.53 Å². The average Bonchev–Trinajstić information content (AvgIpc) is 2.82. The van der Waals surface area contributed by atoms with Gasteiger partial charge in [0.2, 0.25) is 0 Å². The summed E-state index contributed by atoms with van der Waals surface area (Å²) in [6.45, 7) is 2.40. The van der Waals surface area contributed by atoms with Gasteiger partial charge in [0, 0.05) is 22.2 Å². The van der Waals surface area contributed by atoms with Gasteiger partial charge in [0.25, 0.3) is 0 Å². The van der Waals surface area contributed by atoms with E-state index in [4.69, 9.17) is 4.74 Å². The third-order valence-corrected chi connectivity index (χ3v) is 4.43. The second kappa shape index (κ2) is 7.55. The summed E-state index contributed by atoms with van der Waals surface area (Å²) in [6.07, 6.45) is 1.87. The number of nitrogens with zero attached hydrogens (tertiary/aromatic N) is 1. The van der Waals surface area contributed by atoms with Crippen LogP contribution in [0.3, 0.4) is 0 Å². The lowest BCUT2D eigenvalue weighted by Crippen LogP contribution is -2.08. The Morgan fingerprint density at radius 2 is 2.25 bits per heavy atom. The van der Waals surface area contributed by atoms with Crippen LogP contribution in [0.15, 0.2) is 34.2 Å². The van der Waals surface area contributed by atoms with Gasteiger partial charge in [-0.3, -0.25) is 4.79 Å². The molecule has 1 aromatic heterocycles. The van der Waals surface area contributed by atoms with Crippen molar-refractivity contribution in [1.29, 1.82) is 0 Å². The lowest BCUT2D eigenvalue weighted by molar-refractivity contribution is -0.143. The van der Waals surface area contributed by atoms with Crippen molar-refractivity contribution in [3.8, 4) is 0 Å². The molecule has 0 bridgehead atoms. The lowest BCUT2D eigenvalue weighted by atomic mass is 10.1. The summed E-state index contributed by atoms with van der Waals surface area (Å²) < 4.78 is 6.28. The topological polar surface area (TPSA) is 39.2 Å². The number of aromatic nitrogens is 1. The summed E-state index contributed by atoms with van der Waals surface area (Å²) in [5.74, 6) is -0.146. The van der Waals surface area contributed by atoms with Gasteiger partial charge in [0.1, 0.15) is 0 Å². The molecule has 1 heterocycles. The smallest absolute Gasteiger partial charge is 0.306 e. The number of halogens is 1. The zero-order valence-electron chi connectivity index (χ0n) is 11.3. The molecule has 0 aliphatic heterocycles. The van der Waals surface area contributed by atoms with E-state index in [1.807, 2.05) is 36.7 Å². The van der Waals surface area contributed by atoms with Crippen LogP contribution < -0.4 is 0 Å². The third-order valence-electron chi connectivity index (χ3n) is 2.94. The molecule has 5 heteroatoms. The van der Waals surface area contributed by atoms with E-state index < -0.39 is 0 Å². The van der Waals surface area contributed by atoms with Crippen molar-refractivity contribution in [1.82, 2.24) is 4.98 Å². The normalized spacial score (nSPS) is 10.5. The van der Waals surface area contributed by atoms with Crippen molar-refractivity contribution in [2.45, 2.75) is 26.2 Å². The molecule has 0 aliphatic rings. The molecule has 106 valence electrons. The van der Waals surface area contributed by atoms with Crippen LogP contribution in [-0.2, 0) is 22.4 Å². The number of esters is 1. The first kappa shape index (κ1) is 15.2. The Kier molecular flexibility index (Phi) is 5.73. The van der Waals surface area contributed by atoms with Gasteiger partial charge in [-0.2, -0.15) is 0 Å². The number of benzene rings is 1. The summed E-state index contributed by atoms with van der Waals surface area (Å²) in [5.41, 5.74) is 3.98. The minimum Gasteiger partial charge on any atom is -0.465 e. The number of hydrogen-bond acceptors (Lipinski definition) is 4. The van der Waals surface area contributed by atoms with Crippen LogP contribution >= 0.6 is 27.3 Å². The molecule has 3 nitrogen and oxygen atoms in total. The summed E-state index contributed by atoms with van der Waals surface area (Å²) in [6, 6.07) is 7.98. The molecule has 0 spiro atoms. The summed E-state index contributed by atoms with van der Waals surface area (Å²) in [7, 11) is 0. The van der Waals surface area contributed by atoms with Crippen LogP contribution in [0.2, 0.25) is 0 Å². The second-order valence-electron chi connectivity index (χ2n) is 4.46. The molecule has 0 aliphatic carbocycles. The van der Waals surface area contributed by atoms with Gasteiger partial charge in [-0.1, -0.05) is 28.1 Å². The minimum absolute atomic E-state index is 0.146. The van der Waals surface area contributed by atoms with Crippen LogP contribution in [0, 0.1) is 6.92 Å². The van der Waals surface area contributed by atoms with Gasteiger partial charge < -0.3 is 4.74 Å². The van der Waals surface area contributed by atoms with Gasteiger partial charge in [-0.15, -0.1) is 11.3 Å². The lowest BCUT2D eigenvalue weighted by Gasteiger charge is -2.05. The highest BCUT2D eigenvalue weighted by molar-refractivity contribution is 9.10. The fourth-order valence-electron chi connectivity index (χ4n) is 1.83. The molecule has 2 aromatic rings. The molecule has 0 atom stereocenters. The Morgan fingerprint density at radius 1 is 1.40 bits per heavy atom. The number of ether oxygens (including phenoxy) is 1. The summed E-state index contributed by atoms with van der Waals surface area (Å²) >= 11 is 5.02. The van der Waals surface area contributed by atoms with Crippen LogP contribution in [0.4, 0.5) is 0 Å². The Hall–Kier alpha value is -1.20. The second-order valence-corrected chi connectivity index (χ2v) is 6.32. The molecule has 2 rings (SSSR count). The van der Waals surface area contributed by atoms with Gasteiger partial charge in [-0.05, 0) is 31.0 Å². The Morgan fingerprint density at radius 3 is 2.95 bits per heavy atom. The number of aryl methyl sites for hydroxylation is 2. The quantitative estimate of drug-likeness (QED) is 0.738. The molecule has 0 radical (unpaired) electrons. The maximum atomic E-state index is 11.7. The molecule has 0 unspecified atom stereocenters. The van der Waals surface area contributed by atoms with Gasteiger partial charge in [0.15, 0.2) is 0 Å². The maximum Gasteiger partial charge on any atom is 0.306 e. The molecular formula is C15H16BrNO2S. The van der Waals surface area contributed by atoms with Crippen molar-refractivity contribution in [3.63, 3.8) is 0 Å². The SMILES string of the molecule is Cc1ncsc1CCOC(=O)CCc1cccc(Br)c1. The highest BCUT2D eigenvalue weighted by Gasteiger charge is 2.06. The van der Waals surface area contributed by atoms with Gasteiger partial charge in [0.05, 0.1) is 17.8 Å². The third kappa shape index (κ3) is 4.72. The predicted molar refractivity (Wildman–Crippen MR) is 84.0 cm³/mol. The standard InChI is InChI=1S/C15H16BrNO2S/c1-11-14(20-10-17-11)7-8-19-15(18)6-5-12-3-2-4-13(16)9-12/h2-4,9-10H,5-8H2,1H3. The van der Waals surface area contributed by atoms with E-state index in [2.05, 4.69) is 20.9 Å². The number of thiazole rings is 1. The Bertz CT molecular complexity index is 583. The molecule has 0 amide bonds. The molecule has 0 fully saturated rings. The molecule has 20 heavy (non-hydrogen) atoms. The number of rotatable bonds is 6. The van der Waals surface area contributed by atoms with E-state index in [-0.39, 0.29) is 5.97 Å². The summed E-state index contributed by atoms with van der Waals surface area (Å²) in [5, 5.41) is 0. The van der Waals surface area contributed by atoms with Gasteiger partial charge in [-0.25, -0.2) is 4.98 Å². The fraction of sp³-hybridized carbons (Fsp3) is 0.333. The van der Waals surface area contributed by atoms with E-state index in [1.165, 1.54) is 4.88 Å².